The SMILES string of the molecule is Cc1ccc(Cn2nc(C)c(/C=C/C(=O)OCC(=O)NCc3ccccc3Cl)c2C)cc1. The van der Waals surface area contributed by atoms with E-state index in [1.54, 1.807) is 12.1 Å². The van der Waals surface area contributed by atoms with Gasteiger partial charge >= 0.3 is 5.97 Å². The van der Waals surface area contributed by atoms with Gasteiger partial charge in [0.2, 0.25) is 0 Å². The fraction of sp³-hybridized carbons (Fsp3) is 0.240. The van der Waals surface area contributed by atoms with E-state index < -0.39 is 11.9 Å². The lowest BCUT2D eigenvalue weighted by atomic mass is 10.1. The molecule has 1 amide bonds. The molecule has 6 nitrogen and oxygen atoms in total. The first-order chi connectivity index (χ1) is 15.3. The molecule has 32 heavy (non-hydrogen) atoms. The quantitative estimate of drug-likeness (QED) is 0.407. The van der Waals surface area contributed by atoms with Crippen LogP contribution < -0.4 is 5.32 Å². The van der Waals surface area contributed by atoms with E-state index in [0.717, 1.165) is 28.1 Å². The number of aryl methyl sites for hydroxylation is 2. The zero-order valence-electron chi connectivity index (χ0n) is 18.4. The van der Waals surface area contributed by atoms with E-state index in [2.05, 4.69) is 41.6 Å². The van der Waals surface area contributed by atoms with Crippen LogP contribution in [-0.4, -0.2) is 28.3 Å². The van der Waals surface area contributed by atoms with E-state index in [1.165, 1.54) is 11.6 Å². The van der Waals surface area contributed by atoms with Crippen molar-refractivity contribution in [3.8, 4) is 0 Å². The van der Waals surface area contributed by atoms with Crippen molar-refractivity contribution in [2.75, 3.05) is 6.61 Å². The van der Waals surface area contributed by atoms with Gasteiger partial charge in [0.15, 0.2) is 6.61 Å². The van der Waals surface area contributed by atoms with Crippen molar-refractivity contribution in [3.05, 3.63) is 93.3 Å². The largest absolute Gasteiger partial charge is 0.452 e. The van der Waals surface area contributed by atoms with Crippen molar-refractivity contribution in [3.63, 3.8) is 0 Å². The summed E-state index contributed by atoms with van der Waals surface area (Å²) in [6.45, 7) is 6.46. The number of esters is 1. The van der Waals surface area contributed by atoms with Crippen molar-refractivity contribution in [1.82, 2.24) is 15.1 Å². The van der Waals surface area contributed by atoms with Crippen molar-refractivity contribution in [2.24, 2.45) is 0 Å². The summed E-state index contributed by atoms with van der Waals surface area (Å²) >= 11 is 6.06. The van der Waals surface area contributed by atoms with Crippen LogP contribution in [0.3, 0.4) is 0 Å². The topological polar surface area (TPSA) is 73.2 Å². The van der Waals surface area contributed by atoms with Crippen LogP contribution in [0.2, 0.25) is 5.02 Å². The molecule has 2 aromatic carbocycles. The third-order valence-corrected chi connectivity index (χ3v) is 5.42. The maximum Gasteiger partial charge on any atom is 0.331 e. The Bertz CT molecular complexity index is 1130. The zero-order valence-corrected chi connectivity index (χ0v) is 19.1. The molecule has 166 valence electrons. The molecule has 1 heterocycles. The Balaban J connectivity index is 1.52. The van der Waals surface area contributed by atoms with Crippen LogP contribution >= 0.6 is 11.6 Å². The van der Waals surface area contributed by atoms with E-state index in [0.29, 0.717) is 11.6 Å². The highest BCUT2D eigenvalue weighted by molar-refractivity contribution is 6.31. The molecule has 0 aliphatic carbocycles. The summed E-state index contributed by atoms with van der Waals surface area (Å²) in [6.07, 6.45) is 2.99. The molecule has 0 radical (unpaired) electrons. The number of ether oxygens (including phenoxy) is 1. The Hall–Kier alpha value is -3.38. The number of hydrogen-bond donors (Lipinski definition) is 1. The van der Waals surface area contributed by atoms with Crippen LogP contribution in [0.25, 0.3) is 6.08 Å². The Morgan fingerprint density at radius 2 is 1.81 bits per heavy atom. The number of hydrogen-bond acceptors (Lipinski definition) is 4. The van der Waals surface area contributed by atoms with Crippen LogP contribution in [0, 0.1) is 20.8 Å². The number of carbonyl (C=O) groups is 2. The fourth-order valence-electron chi connectivity index (χ4n) is 3.20. The lowest BCUT2D eigenvalue weighted by Crippen LogP contribution is -2.28. The molecule has 3 rings (SSSR count). The van der Waals surface area contributed by atoms with Crippen LogP contribution in [0.15, 0.2) is 54.6 Å². The third kappa shape index (κ3) is 6.31. The predicted molar refractivity (Wildman–Crippen MR) is 125 cm³/mol. The summed E-state index contributed by atoms with van der Waals surface area (Å²) in [4.78, 5) is 24.0. The van der Waals surface area contributed by atoms with Crippen molar-refractivity contribution < 1.29 is 14.3 Å². The standard InChI is InChI=1S/C25H26ClN3O3/c1-17-8-10-20(11-9-17)15-29-19(3)22(18(2)28-29)12-13-25(31)32-16-24(30)27-14-21-6-4-5-7-23(21)26/h4-13H,14-16H2,1-3H3,(H,27,30)/b13-12+. The zero-order chi connectivity index (χ0) is 23.1. The van der Waals surface area contributed by atoms with Gasteiger partial charge in [0.1, 0.15) is 0 Å². The molecule has 1 aromatic heterocycles. The molecular formula is C25H26ClN3O3. The maximum absolute atomic E-state index is 12.1. The summed E-state index contributed by atoms with van der Waals surface area (Å²) in [5.74, 6) is -0.993. The monoisotopic (exact) mass is 451 g/mol. The van der Waals surface area contributed by atoms with Gasteiger partial charge in [0.25, 0.3) is 5.91 Å². The van der Waals surface area contributed by atoms with Crippen molar-refractivity contribution >= 4 is 29.6 Å². The summed E-state index contributed by atoms with van der Waals surface area (Å²) in [5.41, 5.74) is 5.78. The minimum Gasteiger partial charge on any atom is -0.452 e. The van der Waals surface area contributed by atoms with Crippen LogP contribution in [0.1, 0.15) is 33.6 Å². The third-order valence-electron chi connectivity index (χ3n) is 5.06. The molecular weight excluding hydrogens is 426 g/mol. The smallest absolute Gasteiger partial charge is 0.331 e. The number of benzene rings is 2. The van der Waals surface area contributed by atoms with Crippen molar-refractivity contribution in [1.29, 1.82) is 0 Å². The highest BCUT2D eigenvalue weighted by Gasteiger charge is 2.11. The normalized spacial score (nSPS) is 11.0. The number of nitrogens with zero attached hydrogens (tertiary/aromatic N) is 2. The first-order valence-corrected chi connectivity index (χ1v) is 10.7. The molecule has 0 saturated heterocycles. The number of carbonyl (C=O) groups excluding carboxylic acids is 2. The van der Waals surface area contributed by atoms with E-state index in [1.807, 2.05) is 36.7 Å². The fourth-order valence-corrected chi connectivity index (χ4v) is 3.40. The van der Waals surface area contributed by atoms with Gasteiger partial charge in [-0.15, -0.1) is 0 Å². The maximum atomic E-state index is 12.1. The van der Waals surface area contributed by atoms with E-state index in [-0.39, 0.29) is 13.2 Å². The minimum absolute atomic E-state index is 0.268. The Kier molecular flexibility index (Phi) is 7.84. The number of rotatable bonds is 8. The van der Waals surface area contributed by atoms with Gasteiger partial charge in [0, 0.05) is 28.9 Å². The predicted octanol–water partition coefficient (Wildman–Crippen LogP) is 4.38. The molecule has 0 aliphatic rings. The van der Waals surface area contributed by atoms with Gasteiger partial charge in [-0.05, 0) is 44.0 Å². The van der Waals surface area contributed by atoms with Gasteiger partial charge in [0.05, 0.1) is 12.2 Å². The number of amides is 1. The minimum atomic E-state index is -0.594. The molecule has 3 aromatic rings. The highest BCUT2D eigenvalue weighted by Crippen LogP contribution is 2.17. The molecule has 0 bridgehead atoms. The summed E-state index contributed by atoms with van der Waals surface area (Å²) in [7, 11) is 0. The van der Waals surface area contributed by atoms with E-state index >= 15 is 0 Å². The summed E-state index contributed by atoms with van der Waals surface area (Å²) < 4.78 is 6.95. The van der Waals surface area contributed by atoms with E-state index in [9.17, 15) is 9.59 Å². The molecule has 0 fully saturated rings. The van der Waals surface area contributed by atoms with Crippen LogP contribution in [0.5, 0.6) is 0 Å². The van der Waals surface area contributed by atoms with Gasteiger partial charge in [-0.1, -0.05) is 59.6 Å². The molecule has 0 unspecified atom stereocenters. The average molecular weight is 452 g/mol. The van der Waals surface area contributed by atoms with E-state index in [4.69, 9.17) is 16.3 Å². The van der Waals surface area contributed by atoms with Gasteiger partial charge in [-0.3, -0.25) is 9.48 Å². The Labute approximate surface area is 192 Å². The molecule has 0 saturated carbocycles. The Morgan fingerprint density at radius 1 is 1.09 bits per heavy atom. The van der Waals surface area contributed by atoms with Crippen LogP contribution in [0.4, 0.5) is 0 Å². The van der Waals surface area contributed by atoms with Gasteiger partial charge in [-0.25, -0.2) is 4.79 Å². The summed E-state index contributed by atoms with van der Waals surface area (Å²) in [6, 6.07) is 15.5. The average Bonchev–Trinajstić information content (AvgIpc) is 3.04. The Morgan fingerprint density at radius 3 is 2.53 bits per heavy atom. The molecule has 0 aliphatic heterocycles. The van der Waals surface area contributed by atoms with Crippen molar-refractivity contribution in [2.45, 2.75) is 33.9 Å². The second-order valence-electron chi connectivity index (χ2n) is 7.54. The lowest BCUT2D eigenvalue weighted by molar-refractivity contribution is -0.143. The van der Waals surface area contributed by atoms with Gasteiger partial charge < -0.3 is 10.1 Å². The molecule has 0 spiro atoms. The molecule has 1 N–H and O–H groups in total. The number of aromatic nitrogens is 2. The van der Waals surface area contributed by atoms with Crippen LogP contribution in [-0.2, 0) is 27.4 Å². The second kappa shape index (κ2) is 10.8. The first-order valence-electron chi connectivity index (χ1n) is 10.3. The van der Waals surface area contributed by atoms with Gasteiger partial charge in [-0.2, -0.15) is 5.10 Å². The second-order valence-corrected chi connectivity index (χ2v) is 7.94. The lowest BCUT2D eigenvalue weighted by Gasteiger charge is -2.07. The number of nitrogens with one attached hydrogen (secondary N) is 1. The highest BCUT2D eigenvalue weighted by atomic mass is 35.5. The molecule has 0 atom stereocenters. The molecule has 7 heteroatoms. The first kappa shape index (κ1) is 23.3. The summed E-state index contributed by atoms with van der Waals surface area (Å²) in [5, 5.41) is 7.83. The number of halogens is 1.